The van der Waals surface area contributed by atoms with E-state index in [-0.39, 0.29) is 30.0 Å². The number of carbonyl (C=O) groups is 3. The molecule has 2 heterocycles. The van der Waals surface area contributed by atoms with E-state index >= 15 is 0 Å². The Kier molecular flexibility index (Phi) is 6.12. The van der Waals surface area contributed by atoms with Gasteiger partial charge in [-0.15, -0.1) is 11.8 Å². The van der Waals surface area contributed by atoms with Gasteiger partial charge in [-0.3, -0.25) is 24.2 Å². The third-order valence-corrected chi connectivity index (χ3v) is 8.22. The van der Waals surface area contributed by atoms with Crippen LogP contribution in [-0.4, -0.2) is 30.0 Å². The molecule has 0 saturated carbocycles. The van der Waals surface area contributed by atoms with Gasteiger partial charge in [0, 0.05) is 16.9 Å². The molecular weight excluding hydrogens is 470 g/mol. The summed E-state index contributed by atoms with van der Waals surface area (Å²) < 4.78 is 0. The zero-order chi connectivity index (χ0) is 25.6. The van der Waals surface area contributed by atoms with Gasteiger partial charge < -0.3 is 5.32 Å². The molecule has 1 saturated heterocycles. The molecule has 0 aromatic heterocycles. The van der Waals surface area contributed by atoms with Gasteiger partial charge in [0.05, 0.1) is 11.4 Å². The largest absolute Gasteiger partial charge is 0.324 e. The maximum atomic E-state index is 14.2. The number of hydrogen-bond acceptors (Lipinski definition) is 4. The van der Waals surface area contributed by atoms with E-state index in [4.69, 9.17) is 0 Å². The topological polar surface area (TPSA) is 69.7 Å². The lowest BCUT2D eigenvalue weighted by Crippen LogP contribution is -2.51. The molecule has 2 aliphatic heterocycles. The highest BCUT2D eigenvalue weighted by atomic mass is 32.2. The number of thioether (sulfide) groups is 1. The molecule has 1 unspecified atom stereocenters. The summed E-state index contributed by atoms with van der Waals surface area (Å²) in [5.74, 6) is -0.469. The molecule has 36 heavy (non-hydrogen) atoms. The molecule has 5 rings (SSSR count). The summed E-state index contributed by atoms with van der Waals surface area (Å²) in [7, 11) is 0. The van der Waals surface area contributed by atoms with Crippen molar-refractivity contribution in [1.29, 1.82) is 0 Å². The standard InChI is InChI=1S/C29H29N3O3S/c1-5-21-10-8-9-20(4)27(21)30-25(33)16-31-24-12-7-6-11-23(24)29(28(31)35)32(26(34)17-36-29)22-14-18(2)13-19(3)15-22/h6-15H,5,16-17H2,1-4H3,(H,30,33). The van der Waals surface area contributed by atoms with Crippen molar-refractivity contribution in [3.63, 3.8) is 0 Å². The normalized spacial score (nSPS) is 18.8. The van der Waals surface area contributed by atoms with Crippen LogP contribution >= 0.6 is 11.8 Å². The SMILES string of the molecule is CCc1cccc(C)c1NC(=O)CN1C(=O)C2(SCC(=O)N2c2cc(C)cc(C)c2)c2ccccc21. The summed E-state index contributed by atoms with van der Waals surface area (Å²) in [6, 6.07) is 19.3. The van der Waals surface area contributed by atoms with Crippen molar-refractivity contribution in [2.45, 2.75) is 39.0 Å². The number of rotatable bonds is 5. The fraction of sp³-hybridized carbons (Fsp3) is 0.276. The van der Waals surface area contributed by atoms with Crippen molar-refractivity contribution in [2.24, 2.45) is 0 Å². The molecule has 3 aromatic rings. The van der Waals surface area contributed by atoms with Gasteiger partial charge in [0.15, 0.2) is 0 Å². The second-order valence-electron chi connectivity index (χ2n) is 9.43. The van der Waals surface area contributed by atoms with Crippen LogP contribution in [0.4, 0.5) is 17.1 Å². The first-order chi connectivity index (χ1) is 17.3. The minimum absolute atomic E-state index is 0.119. The maximum absolute atomic E-state index is 14.2. The number of anilines is 3. The molecule has 184 valence electrons. The number of para-hydroxylation sites is 2. The van der Waals surface area contributed by atoms with E-state index in [2.05, 4.69) is 5.32 Å². The molecule has 6 nitrogen and oxygen atoms in total. The molecular formula is C29H29N3O3S. The van der Waals surface area contributed by atoms with Gasteiger partial charge in [0.25, 0.3) is 5.91 Å². The van der Waals surface area contributed by atoms with Gasteiger partial charge in [-0.1, -0.05) is 49.4 Å². The van der Waals surface area contributed by atoms with Crippen LogP contribution in [-0.2, 0) is 25.7 Å². The van der Waals surface area contributed by atoms with Crippen LogP contribution in [0.25, 0.3) is 0 Å². The summed E-state index contributed by atoms with van der Waals surface area (Å²) in [6.45, 7) is 7.83. The third kappa shape index (κ3) is 3.78. The number of benzene rings is 3. The van der Waals surface area contributed by atoms with E-state index < -0.39 is 4.87 Å². The number of carbonyl (C=O) groups excluding carboxylic acids is 3. The van der Waals surface area contributed by atoms with Crippen LogP contribution < -0.4 is 15.1 Å². The van der Waals surface area contributed by atoms with Crippen molar-refractivity contribution in [2.75, 3.05) is 27.4 Å². The van der Waals surface area contributed by atoms with Crippen molar-refractivity contribution in [1.82, 2.24) is 0 Å². The van der Waals surface area contributed by atoms with Crippen molar-refractivity contribution in [3.8, 4) is 0 Å². The van der Waals surface area contributed by atoms with Gasteiger partial charge in [-0.05, 0) is 67.6 Å². The summed E-state index contributed by atoms with van der Waals surface area (Å²) in [5.41, 5.74) is 6.95. The number of fused-ring (bicyclic) bond motifs is 2. The Hall–Kier alpha value is -3.58. The lowest BCUT2D eigenvalue weighted by atomic mass is 10.0. The van der Waals surface area contributed by atoms with Crippen LogP contribution in [0.5, 0.6) is 0 Å². The number of hydrogen-bond donors (Lipinski definition) is 1. The molecule has 0 radical (unpaired) electrons. The number of nitrogens with one attached hydrogen (secondary N) is 1. The highest BCUT2D eigenvalue weighted by Crippen LogP contribution is 2.55. The smallest absolute Gasteiger partial charge is 0.269 e. The van der Waals surface area contributed by atoms with E-state index in [1.807, 2.05) is 88.4 Å². The molecule has 0 aliphatic carbocycles. The fourth-order valence-electron chi connectivity index (χ4n) is 5.32. The Bertz CT molecular complexity index is 1380. The first-order valence-electron chi connectivity index (χ1n) is 12.1. The van der Waals surface area contributed by atoms with Crippen LogP contribution in [0.15, 0.2) is 60.7 Å². The van der Waals surface area contributed by atoms with Crippen molar-refractivity contribution in [3.05, 3.63) is 88.5 Å². The Labute approximate surface area is 215 Å². The van der Waals surface area contributed by atoms with Gasteiger partial charge in [-0.25, -0.2) is 0 Å². The zero-order valence-corrected chi connectivity index (χ0v) is 21.7. The first-order valence-corrected chi connectivity index (χ1v) is 13.1. The summed E-state index contributed by atoms with van der Waals surface area (Å²) in [5, 5.41) is 3.03. The quantitative estimate of drug-likeness (QED) is 0.531. The second kappa shape index (κ2) is 9.13. The van der Waals surface area contributed by atoms with Crippen LogP contribution in [0.2, 0.25) is 0 Å². The molecule has 3 aromatic carbocycles. The Balaban J connectivity index is 1.53. The second-order valence-corrected chi connectivity index (χ2v) is 10.6. The van der Waals surface area contributed by atoms with E-state index in [9.17, 15) is 14.4 Å². The maximum Gasteiger partial charge on any atom is 0.269 e. The summed E-state index contributed by atoms with van der Waals surface area (Å²) >= 11 is 1.32. The summed E-state index contributed by atoms with van der Waals surface area (Å²) in [6.07, 6.45) is 0.787. The Morgan fingerprint density at radius 1 is 1.00 bits per heavy atom. The lowest BCUT2D eigenvalue weighted by molar-refractivity contribution is -0.124. The predicted octanol–water partition coefficient (Wildman–Crippen LogP) is 5.09. The highest BCUT2D eigenvalue weighted by molar-refractivity contribution is 8.02. The van der Waals surface area contributed by atoms with Gasteiger partial charge in [-0.2, -0.15) is 0 Å². The lowest BCUT2D eigenvalue weighted by Gasteiger charge is -2.33. The first kappa shape index (κ1) is 24.1. The van der Waals surface area contributed by atoms with Crippen molar-refractivity contribution < 1.29 is 14.4 Å². The molecule has 1 spiro atoms. The van der Waals surface area contributed by atoms with Crippen LogP contribution in [0, 0.1) is 20.8 Å². The van der Waals surface area contributed by atoms with Gasteiger partial charge >= 0.3 is 0 Å². The predicted molar refractivity (Wildman–Crippen MR) is 146 cm³/mol. The molecule has 2 aliphatic rings. The van der Waals surface area contributed by atoms with Crippen LogP contribution in [0.1, 0.15) is 34.7 Å². The Morgan fingerprint density at radius 2 is 1.72 bits per heavy atom. The van der Waals surface area contributed by atoms with Crippen LogP contribution in [0.3, 0.4) is 0 Å². The van der Waals surface area contributed by atoms with Gasteiger partial charge in [0.2, 0.25) is 16.7 Å². The summed E-state index contributed by atoms with van der Waals surface area (Å²) in [4.78, 5) is 42.6. The highest BCUT2D eigenvalue weighted by Gasteiger charge is 2.61. The minimum Gasteiger partial charge on any atom is -0.324 e. The third-order valence-electron chi connectivity index (χ3n) is 6.83. The van der Waals surface area contributed by atoms with Gasteiger partial charge in [0.1, 0.15) is 6.54 Å². The molecule has 0 bridgehead atoms. The molecule has 1 fully saturated rings. The fourth-order valence-corrected chi connectivity index (χ4v) is 6.68. The van der Waals surface area contributed by atoms with E-state index in [0.717, 1.165) is 39.9 Å². The molecule has 1 N–H and O–H groups in total. The van der Waals surface area contributed by atoms with E-state index in [0.29, 0.717) is 11.4 Å². The minimum atomic E-state index is -1.23. The van der Waals surface area contributed by atoms with E-state index in [1.54, 1.807) is 4.90 Å². The zero-order valence-electron chi connectivity index (χ0n) is 20.9. The monoisotopic (exact) mass is 499 g/mol. The average molecular weight is 500 g/mol. The Morgan fingerprint density at radius 3 is 2.44 bits per heavy atom. The van der Waals surface area contributed by atoms with Crippen molar-refractivity contribution >= 4 is 46.5 Å². The molecule has 7 heteroatoms. The average Bonchev–Trinajstić information content (AvgIpc) is 3.30. The molecule has 3 amide bonds. The number of amides is 3. The molecule has 1 atom stereocenters. The number of nitrogens with zero attached hydrogens (tertiary/aromatic N) is 2. The van der Waals surface area contributed by atoms with E-state index in [1.165, 1.54) is 16.7 Å². The number of aryl methyl sites for hydroxylation is 4.